The number of phenolic OH excluding ortho intramolecular Hbond substituents is 1. The Bertz CT molecular complexity index is 330. The van der Waals surface area contributed by atoms with Crippen molar-refractivity contribution in [3.8, 4) is 5.75 Å². The van der Waals surface area contributed by atoms with E-state index in [9.17, 15) is 4.79 Å². The summed E-state index contributed by atoms with van der Waals surface area (Å²) in [5, 5.41) is 9.13. The molecule has 16 heavy (non-hydrogen) atoms. The van der Waals surface area contributed by atoms with E-state index in [2.05, 4.69) is 6.92 Å². The van der Waals surface area contributed by atoms with Gasteiger partial charge in [0.2, 0.25) is 0 Å². The molecule has 0 spiro atoms. The summed E-state index contributed by atoms with van der Waals surface area (Å²) in [6.07, 6.45) is 1.91. The summed E-state index contributed by atoms with van der Waals surface area (Å²) in [7, 11) is 0. The van der Waals surface area contributed by atoms with Crippen LogP contribution in [0.4, 0.5) is 0 Å². The standard InChI is InChI=1S/C13H18O3/c1-3-4-9-16-13(15)10(2)11-5-7-12(14)8-6-11/h5-8,10,14H,3-4,9H2,1-2H3. The number of hydrogen-bond acceptors (Lipinski definition) is 3. The molecule has 1 aromatic rings. The average molecular weight is 222 g/mol. The lowest BCUT2D eigenvalue weighted by Crippen LogP contribution is -2.13. The highest BCUT2D eigenvalue weighted by Gasteiger charge is 2.16. The third kappa shape index (κ3) is 3.57. The van der Waals surface area contributed by atoms with E-state index in [4.69, 9.17) is 9.84 Å². The number of aromatic hydroxyl groups is 1. The van der Waals surface area contributed by atoms with Crippen molar-refractivity contribution >= 4 is 5.97 Å². The van der Waals surface area contributed by atoms with Gasteiger partial charge in [-0.3, -0.25) is 4.79 Å². The number of esters is 1. The van der Waals surface area contributed by atoms with Gasteiger partial charge in [0.25, 0.3) is 0 Å². The molecule has 0 amide bonds. The Balaban J connectivity index is 2.53. The van der Waals surface area contributed by atoms with Crippen LogP contribution in [0.1, 0.15) is 38.2 Å². The number of phenols is 1. The lowest BCUT2D eigenvalue weighted by atomic mass is 10.0. The fraction of sp³-hybridized carbons (Fsp3) is 0.462. The molecular formula is C13H18O3. The molecule has 0 heterocycles. The Kier molecular flexibility index (Phi) is 4.83. The minimum absolute atomic E-state index is 0.204. The van der Waals surface area contributed by atoms with Crippen LogP contribution in [-0.2, 0) is 9.53 Å². The maximum atomic E-state index is 11.6. The largest absolute Gasteiger partial charge is 0.508 e. The van der Waals surface area contributed by atoms with Crippen molar-refractivity contribution in [3.63, 3.8) is 0 Å². The van der Waals surface area contributed by atoms with Crippen molar-refractivity contribution in [1.29, 1.82) is 0 Å². The van der Waals surface area contributed by atoms with E-state index in [0.717, 1.165) is 18.4 Å². The van der Waals surface area contributed by atoms with Crippen LogP contribution < -0.4 is 0 Å². The van der Waals surface area contributed by atoms with Gasteiger partial charge in [-0.2, -0.15) is 0 Å². The summed E-state index contributed by atoms with van der Waals surface area (Å²) < 4.78 is 5.13. The molecule has 3 heteroatoms. The smallest absolute Gasteiger partial charge is 0.313 e. The van der Waals surface area contributed by atoms with E-state index < -0.39 is 0 Å². The molecule has 0 aliphatic heterocycles. The van der Waals surface area contributed by atoms with E-state index in [-0.39, 0.29) is 17.6 Å². The van der Waals surface area contributed by atoms with E-state index in [0.29, 0.717) is 6.61 Å². The zero-order chi connectivity index (χ0) is 12.0. The van der Waals surface area contributed by atoms with Gasteiger partial charge in [0, 0.05) is 0 Å². The molecule has 1 unspecified atom stereocenters. The average Bonchev–Trinajstić information content (AvgIpc) is 2.29. The molecule has 1 atom stereocenters. The Morgan fingerprint density at radius 2 is 2.00 bits per heavy atom. The molecule has 1 aromatic carbocycles. The molecule has 0 radical (unpaired) electrons. The Morgan fingerprint density at radius 1 is 1.38 bits per heavy atom. The molecule has 0 fully saturated rings. The third-order valence-corrected chi connectivity index (χ3v) is 2.49. The Labute approximate surface area is 96.1 Å². The zero-order valence-electron chi connectivity index (χ0n) is 9.77. The lowest BCUT2D eigenvalue weighted by molar-refractivity contribution is -0.145. The van der Waals surface area contributed by atoms with Crippen molar-refractivity contribution in [1.82, 2.24) is 0 Å². The van der Waals surface area contributed by atoms with Gasteiger partial charge in [-0.05, 0) is 31.0 Å². The lowest BCUT2D eigenvalue weighted by Gasteiger charge is -2.11. The maximum Gasteiger partial charge on any atom is 0.313 e. The number of carbonyl (C=O) groups is 1. The first-order chi connectivity index (χ1) is 7.65. The zero-order valence-corrected chi connectivity index (χ0v) is 9.77. The van der Waals surface area contributed by atoms with Crippen LogP contribution in [0.15, 0.2) is 24.3 Å². The SMILES string of the molecule is CCCCOC(=O)C(C)c1ccc(O)cc1. The molecule has 0 aliphatic rings. The van der Waals surface area contributed by atoms with E-state index in [1.165, 1.54) is 0 Å². The normalized spacial score (nSPS) is 12.1. The van der Waals surface area contributed by atoms with E-state index in [1.807, 2.05) is 0 Å². The van der Waals surface area contributed by atoms with Gasteiger partial charge in [0.05, 0.1) is 12.5 Å². The van der Waals surface area contributed by atoms with Crippen molar-refractivity contribution in [2.75, 3.05) is 6.61 Å². The van der Waals surface area contributed by atoms with Crippen LogP contribution in [-0.4, -0.2) is 17.7 Å². The first-order valence-electron chi connectivity index (χ1n) is 5.60. The maximum absolute atomic E-state index is 11.6. The fourth-order valence-electron chi connectivity index (χ4n) is 1.34. The molecule has 1 rings (SSSR count). The van der Waals surface area contributed by atoms with Crippen molar-refractivity contribution in [2.24, 2.45) is 0 Å². The molecule has 0 aromatic heterocycles. The minimum Gasteiger partial charge on any atom is -0.508 e. The van der Waals surface area contributed by atoms with Crippen LogP contribution in [0.25, 0.3) is 0 Å². The third-order valence-electron chi connectivity index (χ3n) is 2.49. The second kappa shape index (κ2) is 6.16. The van der Waals surface area contributed by atoms with Crippen LogP contribution >= 0.6 is 0 Å². The quantitative estimate of drug-likeness (QED) is 0.615. The van der Waals surface area contributed by atoms with Gasteiger partial charge < -0.3 is 9.84 Å². The molecule has 0 bridgehead atoms. The summed E-state index contributed by atoms with van der Waals surface area (Å²) >= 11 is 0. The predicted octanol–water partition coefficient (Wildman–Crippen LogP) is 2.84. The van der Waals surface area contributed by atoms with Crippen LogP contribution in [0.2, 0.25) is 0 Å². The van der Waals surface area contributed by atoms with Crippen molar-refractivity contribution in [2.45, 2.75) is 32.6 Å². The molecule has 88 valence electrons. The van der Waals surface area contributed by atoms with Gasteiger partial charge in [-0.15, -0.1) is 0 Å². The summed E-state index contributed by atoms with van der Waals surface area (Å²) in [6.45, 7) is 4.34. The minimum atomic E-state index is -0.280. The molecule has 1 N–H and O–H groups in total. The number of carbonyl (C=O) groups excluding carboxylic acids is 1. The van der Waals surface area contributed by atoms with Gasteiger partial charge in [-0.1, -0.05) is 25.5 Å². The highest BCUT2D eigenvalue weighted by molar-refractivity contribution is 5.77. The Hall–Kier alpha value is -1.51. The topological polar surface area (TPSA) is 46.5 Å². The molecule has 0 saturated carbocycles. The second-order valence-corrected chi connectivity index (χ2v) is 3.83. The van der Waals surface area contributed by atoms with E-state index in [1.54, 1.807) is 31.2 Å². The summed E-state index contributed by atoms with van der Waals surface area (Å²) in [5.74, 6) is -0.285. The first kappa shape index (κ1) is 12.6. The summed E-state index contributed by atoms with van der Waals surface area (Å²) in [4.78, 5) is 11.6. The summed E-state index contributed by atoms with van der Waals surface area (Å²) in [6, 6.07) is 6.62. The van der Waals surface area contributed by atoms with Crippen molar-refractivity contribution < 1.29 is 14.6 Å². The number of hydrogen-bond donors (Lipinski definition) is 1. The number of ether oxygens (including phenoxy) is 1. The van der Waals surface area contributed by atoms with Crippen LogP contribution in [0.5, 0.6) is 5.75 Å². The van der Waals surface area contributed by atoms with Gasteiger partial charge >= 0.3 is 5.97 Å². The van der Waals surface area contributed by atoms with Crippen molar-refractivity contribution in [3.05, 3.63) is 29.8 Å². The van der Waals surface area contributed by atoms with Gasteiger partial charge in [0.1, 0.15) is 5.75 Å². The molecule has 0 saturated heterocycles. The number of benzene rings is 1. The highest BCUT2D eigenvalue weighted by atomic mass is 16.5. The molecule has 3 nitrogen and oxygen atoms in total. The van der Waals surface area contributed by atoms with Crippen LogP contribution in [0.3, 0.4) is 0 Å². The molecule has 0 aliphatic carbocycles. The predicted molar refractivity (Wildman–Crippen MR) is 62.4 cm³/mol. The monoisotopic (exact) mass is 222 g/mol. The van der Waals surface area contributed by atoms with Crippen LogP contribution in [0, 0.1) is 0 Å². The van der Waals surface area contributed by atoms with Gasteiger partial charge in [0.15, 0.2) is 0 Å². The molecular weight excluding hydrogens is 204 g/mol. The second-order valence-electron chi connectivity index (χ2n) is 3.83. The Morgan fingerprint density at radius 3 is 2.56 bits per heavy atom. The first-order valence-corrected chi connectivity index (χ1v) is 5.60. The van der Waals surface area contributed by atoms with Gasteiger partial charge in [-0.25, -0.2) is 0 Å². The fourth-order valence-corrected chi connectivity index (χ4v) is 1.34. The van der Waals surface area contributed by atoms with E-state index >= 15 is 0 Å². The number of rotatable bonds is 5. The number of unbranched alkanes of at least 4 members (excludes halogenated alkanes) is 1. The summed E-state index contributed by atoms with van der Waals surface area (Å²) in [5.41, 5.74) is 0.860. The highest BCUT2D eigenvalue weighted by Crippen LogP contribution is 2.19.